The van der Waals surface area contributed by atoms with E-state index in [1.165, 1.54) is 0 Å². The van der Waals surface area contributed by atoms with Gasteiger partial charge in [0.25, 0.3) is 0 Å². The monoisotopic (exact) mass is 111 g/mol. The molecule has 2 nitrogen and oxygen atoms in total. The van der Waals surface area contributed by atoms with Crippen LogP contribution in [0.5, 0.6) is 0 Å². The van der Waals surface area contributed by atoms with E-state index in [1.54, 1.807) is 0 Å². The molecule has 0 unspecified atom stereocenters. The molecule has 1 aliphatic rings. The lowest BCUT2D eigenvalue weighted by Gasteiger charge is -2.24. The largest absolute Gasteiger partial charge is 0.368 e. The normalized spacial score (nSPS) is 20.8. The Morgan fingerprint density at radius 3 is 2.38 bits per heavy atom. The maximum absolute atomic E-state index is 3.56. The van der Waals surface area contributed by atoms with E-state index in [4.69, 9.17) is 0 Å². The first-order chi connectivity index (χ1) is 3.93. The molecule has 45 valence electrons. The Balaban J connectivity index is 2.22. The maximum atomic E-state index is 3.56. The lowest BCUT2D eigenvalue weighted by Crippen LogP contribution is -2.40. The molecule has 1 fully saturated rings. The number of piperazine rings is 1. The van der Waals surface area contributed by atoms with E-state index in [0.717, 1.165) is 26.2 Å². The molecule has 0 saturated carbocycles. The summed E-state index contributed by atoms with van der Waals surface area (Å²) in [6.07, 6.45) is 2.85. The molecule has 0 amide bonds. The van der Waals surface area contributed by atoms with E-state index in [2.05, 4.69) is 23.0 Å². The molecule has 0 aromatic rings. The second-order valence-electron chi connectivity index (χ2n) is 1.90. The Kier molecular flexibility index (Phi) is 1.92. The van der Waals surface area contributed by atoms with Crippen LogP contribution >= 0.6 is 0 Å². The highest BCUT2D eigenvalue weighted by Crippen LogP contribution is 1.88. The van der Waals surface area contributed by atoms with E-state index in [0.29, 0.717) is 0 Å². The molecular weight excluding hydrogens is 100 g/mol. The van der Waals surface area contributed by atoms with Crippen LogP contribution in [-0.2, 0) is 0 Å². The van der Waals surface area contributed by atoms with Crippen molar-refractivity contribution >= 4 is 0 Å². The number of hydrogen-bond donors (Lipinski definition) is 1. The van der Waals surface area contributed by atoms with Crippen LogP contribution in [0.25, 0.3) is 0 Å². The van der Waals surface area contributed by atoms with Crippen LogP contribution in [0.1, 0.15) is 0 Å². The third-order valence-electron chi connectivity index (χ3n) is 1.34. The second kappa shape index (κ2) is 2.72. The molecule has 1 rings (SSSR count). The van der Waals surface area contributed by atoms with Gasteiger partial charge in [0.05, 0.1) is 6.20 Å². The summed E-state index contributed by atoms with van der Waals surface area (Å²) in [5, 5.41) is 3.24. The molecule has 0 aliphatic carbocycles. The summed E-state index contributed by atoms with van der Waals surface area (Å²) in [5.41, 5.74) is 0. The lowest BCUT2D eigenvalue weighted by molar-refractivity contribution is 0.312. The fourth-order valence-electron chi connectivity index (χ4n) is 0.823. The van der Waals surface area contributed by atoms with Crippen molar-refractivity contribution in [3.05, 3.63) is 12.8 Å². The van der Waals surface area contributed by atoms with Gasteiger partial charge in [0.15, 0.2) is 0 Å². The van der Waals surface area contributed by atoms with Gasteiger partial charge in [-0.2, -0.15) is 0 Å². The zero-order valence-electron chi connectivity index (χ0n) is 4.98. The van der Waals surface area contributed by atoms with E-state index < -0.39 is 0 Å². The molecule has 1 radical (unpaired) electrons. The molecule has 1 aliphatic heterocycles. The van der Waals surface area contributed by atoms with Crippen LogP contribution in [0, 0.1) is 6.20 Å². The highest BCUT2D eigenvalue weighted by molar-refractivity contribution is 4.70. The lowest BCUT2D eigenvalue weighted by atomic mass is 10.4. The molecule has 0 bridgehead atoms. The average molecular weight is 111 g/mol. The van der Waals surface area contributed by atoms with Gasteiger partial charge in [-0.25, -0.2) is 0 Å². The molecule has 0 spiro atoms. The molecule has 0 aromatic heterocycles. The number of rotatable bonds is 1. The first kappa shape index (κ1) is 5.63. The molecule has 1 heterocycles. The minimum Gasteiger partial charge on any atom is -0.368 e. The predicted molar refractivity (Wildman–Crippen MR) is 33.3 cm³/mol. The summed E-state index contributed by atoms with van der Waals surface area (Å²) in [7, 11) is 0. The van der Waals surface area contributed by atoms with Gasteiger partial charge in [-0.05, 0) is 0 Å². The van der Waals surface area contributed by atoms with Crippen molar-refractivity contribution in [2.75, 3.05) is 26.2 Å². The molecule has 2 heteroatoms. The van der Waals surface area contributed by atoms with Crippen molar-refractivity contribution in [1.82, 2.24) is 10.2 Å². The molecule has 0 aromatic carbocycles. The van der Waals surface area contributed by atoms with E-state index >= 15 is 0 Å². The fourth-order valence-corrected chi connectivity index (χ4v) is 0.823. The molecule has 0 atom stereocenters. The Bertz CT molecular complexity index is 74.6. The van der Waals surface area contributed by atoms with Crippen LogP contribution in [0.15, 0.2) is 6.58 Å². The van der Waals surface area contributed by atoms with Crippen LogP contribution in [0.3, 0.4) is 0 Å². The van der Waals surface area contributed by atoms with Crippen molar-refractivity contribution in [2.24, 2.45) is 0 Å². The number of hydrogen-bond acceptors (Lipinski definition) is 2. The topological polar surface area (TPSA) is 15.3 Å². The van der Waals surface area contributed by atoms with E-state index in [1.807, 2.05) is 0 Å². The Hall–Kier alpha value is -0.500. The van der Waals surface area contributed by atoms with Crippen LogP contribution < -0.4 is 5.32 Å². The first-order valence-electron chi connectivity index (χ1n) is 2.92. The quantitative estimate of drug-likeness (QED) is 0.505. The molecule has 1 saturated heterocycles. The summed E-state index contributed by atoms with van der Waals surface area (Å²) in [5.74, 6) is 0. The van der Waals surface area contributed by atoms with Crippen LogP contribution in [0.2, 0.25) is 0 Å². The SMILES string of the molecule is C=[C]N1CCNCC1. The zero-order chi connectivity index (χ0) is 5.82. The van der Waals surface area contributed by atoms with Gasteiger partial charge < -0.3 is 10.2 Å². The minimum atomic E-state index is 1.06. The molecule has 8 heavy (non-hydrogen) atoms. The van der Waals surface area contributed by atoms with Crippen molar-refractivity contribution in [3.63, 3.8) is 0 Å². The summed E-state index contributed by atoms with van der Waals surface area (Å²) in [4.78, 5) is 2.09. The maximum Gasteiger partial charge on any atom is 0.0525 e. The zero-order valence-corrected chi connectivity index (χ0v) is 4.98. The van der Waals surface area contributed by atoms with Gasteiger partial charge in [0.2, 0.25) is 0 Å². The number of nitrogens with zero attached hydrogens (tertiary/aromatic N) is 1. The fraction of sp³-hybridized carbons (Fsp3) is 0.667. The Morgan fingerprint density at radius 2 is 2.00 bits per heavy atom. The van der Waals surface area contributed by atoms with Crippen molar-refractivity contribution in [2.45, 2.75) is 0 Å². The van der Waals surface area contributed by atoms with Gasteiger partial charge >= 0.3 is 0 Å². The summed E-state index contributed by atoms with van der Waals surface area (Å²) < 4.78 is 0. The third-order valence-corrected chi connectivity index (χ3v) is 1.34. The van der Waals surface area contributed by atoms with Gasteiger partial charge in [0.1, 0.15) is 0 Å². The van der Waals surface area contributed by atoms with Crippen molar-refractivity contribution in [1.29, 1.82) is 0 Å². The summed E-state index contributed by atoms with van der Waals surface area (Å²) >= 11 is 0. The third kappa shape index (κ3) is 1.23. The highest BCUT2D eigenvalue weighted by atomic mass is 15.2. The standard InChI is InChI=1S/C6H11N2/c1-2-8-5-3-7-4-6-8/h7H,1,3-6H2. The van der Waals surface area contributed by atoms with E-state index in [-0.39, 0.29) is 0 Å². The van der Waals surface area contributed by atoms with Gasteiger partial charge in [0, 0.05) is 26.2 Å². The average Bonchev–Trinajstić information content (AvgIpc) is 1.90. The second-order valence-corrected chi connectivity index (χ2v) is 1.90. The summed E-state index contributed by atoms with van der Waals surface area (Å²) in [6, 6.07) is 0. The van der Waals surface area contributed by atoms with Crippen molar-refractivity contribution in [3.8, 4) is 0 Å². The van der Waals surface area contributed by atoms with Crippen LogP contribution in [-0.4, -0.2) is 31.1 Å². The predicted octanol–water partition coefficient (Wildman–Crippen LogP) is -0.162. The Morgan fingerprint density at radius 1 is 1.38 bits per heavy atom. The number of nitrogens with one attached hydrogen (secondary N) is 1. The van der Waals surface area contributed by atoms with Gasteiger partial charge in [-0.1, -0.05) is 6.58 Å². The van der Waals surface area contributed by atoms with Gasteiger partial charge in [-0.3, -0.25) is 0 Å². The van der Waals surface area contributed by atoms with Crippen molar-refractivity contribution < 1.29 is 0 Å². The highest BCUT2D eigenvalue weighted by Gasteiger charge is 2.02. The summed E-state index contributed by atoms with van der Waals surface area (Å²) in [6.45, 7) is 7.82. The Labute approximate surface area is 50.2 Å². The van der Waals surface area contributed by atoms with E-state index in [9.17, 15) is 0 Å². The smallest absolute Gasteiger partial charge is 0.0525 e. The molecular formula is C6H11N2. The minimum absolute atomic E-state index is 1.06. The van der Waals surface area contributed by atoms with Gasteiger partial charge in [-0.15, -0.1) is 0 Å². The van der Waals surface area contributed by atoms with Crippen LogP contribution in [0.4, 0.5) is 0 Å². The first-order valence-corrected chi connectivity index (χ1v) is 2.92. The molecule has 1 N–H and O–H groups in total.